The van der Waals surface area contributed by atoms with Crippen LogP contribution in [0, 0.1) is 22.7 Å². The van der Waals surface area contributed by atoms with Crippen LogP contribution in [-0.4, -0.2) is 18.0 Å². The van der Waals surface area contributed by atoms with Gasteiger partial charge in [-0.25, -0.2) is 0 Å². The molecule has 2 bridgehead atoms. The van der Waals surface area contributed by atoms with Gasteiger partial charge < -0.3 is 11.1 Å². The zero-order valence-corrected chi connectivity index (χ0v) is 12.5. The molecular weight excluding hydrogens is 236 g/mol. The minimum absolute atomic E-state index is 0.0542. The summed E-state index contributed by atoms with van der Waals surface area (Å²) in [5.74, 6) is 1.05. The molecule has 0 aromatic carbocycles. The Morgan fingerprint density at radius 1 is 1.21 bits per heavy atom. The molecule has 0 aliphatic heterocycles. The average molecular weight is 264 g/mol. The lowest BCUT2D eigenvalue weighted by molar-refractivity contribution is -0.128. The normalized spacial score (nSPS) is 47.6. The van der Waals surface area contributed by atoms with Gasteiger partial charge in [0, 0.05) is 12.1 Å². The van der Waals surface area contributed by atoms with E-state index in [4.69, 9.17) is 5.73 Å². The molecule has 3 aliphatic rings. The van der Waals surface area contributed by atoms with E-state index in [-0.39, 0.29) is 23.3 Å². The zero-order chi connectivity index (χ0) is 13.8. The predicted molar refractivity (Wildman–Crippen MR) is 76.5 cm³/mol. The first-order valence-electron chi connectivity index (χ1n) is 7.90. The van der Waals surface area contributed by atoms with E-state index in [2.05, 4.69) is 26.1 Å². The van der Waals surface area contributed by atoms with Crippen LogP contribution in [0.1, 0.15) is 59.3 Å². The van der Waals surface area contributed by atoms with Gasteiger partial charge in [-0.15, -0.1) is 0 Å². The molecule has 0 heterocycles. The monoisotopic (exact) mass is 264 g/mol. The fraction of sp³-hybridized carbons (Fsp3) is 0.938. The number of hydrogen-bond donors (Lipinski definition) is 2. The van der Waals surface area contributed by atoms with Crippen molar-refractivity contribution in [2.24, 2.45) is 28.4 Å². The van der Waals surface area contributed by atoms with Gasteiger partial charge in [0.15, 0.2) is 0 Å². The Hall–Kier alpha value is -0.570. The van der Waals surface area contributed by atoms with Crippen LogP contribution in [0.15, 0.2) is 0 Å². The average Bonchev–Trinajstić information content (AvgIpc) is 2.95. The molecule has 0 aromatic heterocycles. The highest BCUT2D eigenvalue weighted by molar-refractivity contribution is 5.80. The minimum Gasteiger partial charge on any atom is -0.352 e. The summed E-state index contributed by atoms with van der Waals surface area (Å²) in [6.07, 6.45) is 6.96. The maximum Gasteiger partial charge on any atom is 0.224 e. The molecule has 0 aromatic rings. The summed E-state index contributed by atoms with van der Waals surface area (Å²) in [7, 11) is 0. The highest BCUT2D eigenvalue weighted by Crippen LogP contribution is 2.62. The van der Waals surface area contributed by atoms with Gasteiger partial charge in [-0.05, 0) is 48.9 Å². The van der Waals surface area contributed by atoms with Crippen LogP contribution in [0.5, 0.6) is 0 Å². The van der Waals surface area contributed by atoms with Gasteiger partial charge in [-0.1, -0.05) is 27.2 Å². The molecule has 5 atom stereocenters. The standard InChI is InChI=1S/C16H28N2O/c1-15(2)10-7-8-16(3,9-10)14(15)18-13(19)11-5-4-6-12(11)17/h10-12,14H,4-9,17H2,1-3H3,(H,18,19). The number of hydrogen-bond acceptors (Lipinski definition) is 2. The predicted octanol–water partition coefficient (Wildman–Crippen LogP) is 2.44. The van der Waals surface area contributed by atoms with Gasteiger partial charge in [0.2, 0.25) is 5.91 Å². The Labute approximate surface area is 116 Å². The summed E-state index contributed by atoms with van der Waals surface area (Å²) < 4.78 is 0. The molecule has 3 nitrogen and oxygen atoms in total. The summed E-state index contributed by atoms with van der Waals surface area (Å²) >= 11 is 0. The summed E-state index contributed by atoms with van der Waals surface area (Å²) in [6, 6.07) is 0.411. The Balaban J connectivity index is 1.74. The van der Waals surface area contributed by atoms with Crippen molar-refractivity contribution < 1.29 is 4.79 Å². The number of carbonyl (C=O) groups is 1. The molecule has 3 fully saturated rings. The number of amides is 1. The van der Waals surface area contributed by atoms with Gasteiger partial charge in [-0.2, -0.15) is 0 Å². The Kier molecular flexibility index (Phi) is 2.97. The molecule has 5 unspecified atom stereocenters. The molecule has 19 heavy (non-hydrogen) atoms. The molecular formula is C16H28N2O. The SMILES string of the molecule is CC12CCC(C1)C(C)(C)C2NC(=O)C1CCCC1N. The van der Waals surface area contributed by atoms with Crippen molar-refractivity contribution in [3.8, 4) is 0 Å². The van der Waals surface area contributed by atoms with Crippen molar-refractivity contribution in [2.75, 3.05) is 0 Å². The van der Waals surface area contributed by atoms with E-state index in [9.17, 15) is 4.79 Å². The van der Waals surface area contributed by atoms with Crippen molar-refractivity contribution in [1.82, 2.24) is 5.32 Å². The Morgan fingerprint density at radius 3 is 2.47 bits per heavy atom. The number of nitrogens with two attached hydrogens (primary N) is 1. The molecule has 0 saturated heterocycles. The van der Waals surface area contributed by atoms with Crippen molar-refractivity contribution in [3.63, 3.8) is 0 Å². The maximum atomic E-state index is 12.5. The second-order valence-electron chi connectivity index (χ2n) is 8.06. The lowest BCUT2D eigenvalue weighted by atomic mass is 9.68. The molecule has 0 radical (unpaired) electrons. The minimum atomic E-state index is 0.0542. The summed E-state index contributed by atoms with van der Waals surface area (Å²) in [4.78, 5) is 12.5. The molecule has 3 N–H and O–H groups in total. The quantitative estimate of drug-likeness (QED) is 0.805. The summed E-state index contributed by atoms with van der Waals surface area (Å²) in [6.45, 7) is 7.03. The van der Waals surface area contributed by atoms with Crippen LogP contribution in [0.3, 0.4) is 0 Å². The van der Waals surface area contributed by atoms with Crippen LogP contribution in [0.4, 0.5) is 0 Å². The number of nitrogens with one attached hydrogen (secondary N) is 1. The largest absolute Gasteiger partial charge is 0.352 e. The summed E-state index contributed by atoms with van der Waals surface area (Å²) in [5, 5.41) is 3.39. The first-order valence-corrected chi connectivity index (χ1v) is 7.90. The van der Waals surface area contributed by atoms with Crippen LogP contribution in [0.25, 0.3) is 0 Å². The first kappa shape index (κ1) is 13.4. The van der Waals surface area contributed by atoms with Crippen LogP contribution >= 0.6 is 0 Å². The zero-order valence-electron chi connectivity index (χ0n) is 12.5. The van der Waals surface area contributed by atoms with Crippen LogP contribution in [-0.2, 0) is 4.79 Å². The van der Waals surface area contributed by atoms with E-state index in [0.29, 0.717) is 11.5 Å². The Morgan fingerprint density at radius 2 is 1.95 bits per heavy atom. The molecule has 1 amide bonds. The number of fused-ring (bicyclic) bond motifs is 2. The highest BCUT2D eigenvalue weighted by Gasteiger charge is 2.59. The third kappa shape index (κ3) is 1.93. The van der Waals surface area contributed by atoms with Gasteiger partial charge in [0.25, 0.3) is 0 Å². The van der Waals surface area contributed by atoms with Gasteiger partial charge in [0.05, 0.1) is 5.92 Å². The molecule has 3 rings (SSSR count). The highest BCUT2D eigenvalue weighted by atomic mass is 16.2. The number of rotatable bonds is 2. The van der Waals surface area contributed by atoms with E-state index >= 15 is 0 Å². The second-order valence-corrected chi connectivity index (χ2v) is 8.06. The van der Waals surface area contributed by atoms with Crippen molar-refractivity contribution in [1.29, 1.82) is 0 Å². The lowest BCUT2D eigenvalue weighted by Crippen LogP contribution is -2.54. The Bertz CT molecular complexity index is 387. The third-order valence-corrected chi connectivity index (χ3v) is 6.46. The second kappa shape index (κ2) is 4.21. The van der Waals surface area contributed by atoms with E-state index in [0.717, 1.165) is 25.2 Å². The van der Waals surface area contributed by atoms with E-state index in [1.165, 1.54) is 19.3 Å². The molecule has 3 aliphatic carbocycles. The van der Waals surface area contributed by atoms with Gasteiger partial charge in [0.1, 0.15) is 0 Å². The lowest BCUT2D eigenvalue weighted by Gasteiger charge is -2.43. The number of carbonyl (C=O) groups excluding carboxylic acids is 1. The van der Waals surface area contributed by atoms with Crippen LogP contribution in [0.2, 0.25) is 0 Å². The topological polar surface area (TPSA) is 55.1 Å². The molecule has 108 valence electrons. The molecule has 3 saturated carbocycles. The maximum absolute atomic E-state index is 12.5. The van der Waals surface area contributed by atoms with E-state index in [1.54, 1.807) is 0 Å². The van der Waals surface area contributed by atoms with Crippen molar-refractivity contribution in [3.05, 3.63) is 0 Å². The molecule has 3 heteroatoms. The van der Waals surface area contributed by atoms with E-state index in [1.807, 2.05) is 0 Å². The van der Waals surface area contributed by atoms with Crippen LogP contribution < -0.4 is 11.1 Å². The third-order valence-electron chi connectivity index (χ3n) is 6.46. The fourth-order valence-corrected chi connectivity index (χ4v) is 5.23. The molecule has 0 spiro atoms. The summed E-state index contributed by atoms with van der Waals surface area (Å²) in [5.41, 5.74) is 6.62. The van der Waals surface area contributed by atoms with Gasteiger partial charge >= 0.3 is 0 Å². The van der Waals surface area contributed by atoms with Crippen molar-refractivity contribution in [2.45, 2.75) is 71.4 Å². The van der Waals surface area contributed by atoms with E-state index < -0.39 is 0 Å². The first-order chi connectivity index (χ1) is 8.84. The smallest absolute Gasteiger partial charge is 0.224 e. The fourth-order valence-electron chi connectivity index (χ4n) is 5.23. The van der Waals surface area contributed by atoms with Crippen molar-refractivity contribution >= 4 is 5.91 Å². The van der Waals surface area contributed by atoms with Gasteiger partial charge in [-0.3, -0.25) is 4.79 Å².